The SMILES string of the molecule is C=CCN1C(=S)NC(c2ccc(C)c(C)c2)C(c2nc(-c3ccc(CC)cc3)no2)=C1C. The highest BCUT2D eigenvalue weighted by Crippen LogP contribution is 2.37. The van der Waals surface area contributed by atoms with Crippen molar-refractivity contribution in [2.45, 2.75) is 40.2 Å². The summed E-state index contributed by atoms with van der Waals surface area (Å²) >= 11 is 5.68. The second-order valence-corrected chi connectivity index (χ2v) is 8.48. The molecule has 32 heavy (non-hydrogen) atoms. The number of benzene rings is 2. The largest absolute Gasteiger partial charge is 0.351 e. The second-order valence-electron chi connectivity index (χ2n) is 8.10. The first kappa shape index (κ1) is 22.0. The Hall–Kier alpha value is -3.25. The van der Waals surface area contributed by atoms with Crippen LogP contribution in [0.4, 0.5) is 0 Å². The third-order valence-corrected chi connectivity index (χ3v) is 6.39. The fourth-order valence-corrected chi connectivity index (χ4v) is 4.27. The Kier molecular flexibility index (Phi) is 6.24. The van der Waals surface area contributed by atoms with Crippen LogP contribution < -0.4 is 5.32 Å². The minimum absolute atomic E-state index is 0.182. The van der Waals surface area contributed by atoms with Gasteiger partial charge in [-0.15, -0.1) is 6.58 Å². The van der Waals surface area contributed by atoms with Crippen LogP contribution in [0, 0.1) is 13.8 Å². The Morgan fingerprint density at radius 1 is 1.12 bits per heavy atom. The Morgan fingerprint density at radius 2 is 1.88 bits per heavy atom. The zero-order valence-electron chi connectivity index (χ0n) is 19.0. The van der Waals surface area contributed by atoms with Crippen LogP contribution in [0.3, 0.4) is 0 Å². The van der Waals surface area contributed by atoms with Crippen molar-refractivity contribution in [3.05, 3.63) is 89.0 Å². The van der Waals surface area contributed by atoms with Crippen molar-refractivity contribution in [2.75, 3.05) is 6.54 Å². The number of nitrogens with one attached hydrogen (secondary N) is 1. The van der Waals surface area contributed by atoms with Crippen molar-refractivity contribution in [2.24, 2.45) is 0 Å². The Bertz CT molecular complexity index is 1190. The van der Waals surface area contributed by atoms with E-state index in [0.717, 1.165) is 28.8 Å². The van der Waals surface area contributed by atoms with Gasteiger partial charge in [0.15, 0.2) is 5.11 Å². The van der Waals surface area contributed by atoms with Gasteiger partial charge in [-0.25, -0.2) is 0 Å². The van der Waals surface area contributed by atoms with E-state index in [0.29, 0.717) is 23.4 Å². The third kappa shape index (κ3) is 4.10. The molecule has 0 spiro atoms. The van der Waals surface area contributed by atoms with E-state index in [1.165, 1.54) is 16.7 Å². The molecule has 6 heteroatoms. The van der Waals surface area contributed by atoms with Crippen LogP contribution >= 0.6 is 12.2 Å². The molecular formula is C26H28N4OS. The fraction of sp³-hybridized carbons (Fsp3) is 0.269. The summed E-state index contributed by atoms with van der Waals surface area (Å²) in [7, 11) is 0. The molecule has 1 atom stereocenters. The average molecular weight is 445 g/mol. The lowest BCUT2D eigenvalue weighted by Gasteiger charge is -2.37. The molecule has 4 rings (SSSR count). The summed E-state index contributed by atoms with van der Waals surface area (Å²) in [4.78, 5) is 6.78. The van der Waals surface area contributed by atoms with Crippen molar-refractivity contribution >= 4 is 22.9 Å². The van der Waals surface area contributed by atoms with Gasteiger partial charge in [0, 0.05) is 17.8 Å². The van der Waals surface area contributed by atoms with Gasteiger partial charge in [0.25, 0.3) is 5.89 Å². The van der Waals surface area contributed by atoms with E-state index in [1.54, 1.807) is 0 Å². The van der Waals surface area contributed by atoms with E-state index in [-0.39, 0.29) is 6.04 Å². The summed E-state index contributed by atoms with van der Waals surface area (Å²) in [5.74, 6) is 1.06. The summed E-state index contributed by atoms with van der Waals surface area (Å²) in [6.45, 7) is 12.9. The molecule has 0 saturated heterocycles. The second kappa shape index (κ2) is 9.09. The van der Waals surface area contributed by atoms with Crippen molar-refractivity contribution in [1.82, 2.24) is 20.4 Å². The van der Waals surface area contributed by atoms with Crippen molar-refractivity contribution < 1.29 is 4.52 Å². The highest BCUT2D eigenvalue weighted by molar-refractivity contribution is 7.80. The fourth-order valence-electron chi connectivity index (χ4n) is 3.94. The Balaban J connectivity index is 1.80. The smallest absolute Gasteiger partial charge is 0.258 e. The lowest BCUT2D eigenvalue weighted by Crippen LogP contribution is -2.45. The highest BCUT2D eigenvalue weighted by atomic mass is 32.1. The van der Waals surface area contributed by atoms with E-state index in [1.807, 2.05) is 30.0 Å². The quantitative estimate of drug-likeness (QED) is 0.385. The van der Waals surface area contributed by atoms with E-state index in [2.05, 4.69) is 68.2 Å². The molecule has 1 unspecified atom stereocenters. The summed E-state index contributed by atoms with van der Waals surface area (Å²) in [6.07, 6.45) is 2.83. The van der Waals surface area contributed by atoms with Crippen LogP contribution in [-0.4, -0.2) is 26.7 Å². The van der Waals surface area contributed by atoms with Crippen molar-refractivity contribution in [1.29, 1.82) is 0 Å². The highest BCUT2D eigenvalue weighted by Gasteiger charge is 2.33. The van der Waals surface area contributed by atoms with Gasteiger partial charge in [0.1, 0.15) is 0 Å². The summed E-state index contributed by atoms with van der Waals surface area (Å²) in [5, 5.41) is 8.42. The molecule has 3 aromatic rings. The van der Waals surface area contributed by atoms with Crippen molar-refractivity contribution in [3.63, 3.8) is 0 Å². The van der Waals surface area contributed by atoms with Crippen LogP contribution in [0.1, 0.15) is 48.0 Å². The number of allylic oxidation sites excluding steroid dienone is 1. The van der Waals surface area contributed by atoms with E-state index < -0.39 is 0 Å². The van der Waals surface area contributed by atoms with Gasteiger partial charge in [0.05, 0.1) is 11.6 Å². The van der Waals surface area contributed by atoms with Gasteiger partial charge in [-0.2, -0.15) is 4.98 Å². The average Bonchev–Trinajstić information content (AvgIpc) is 3.28. The molecule has 0 radical (unpaired) electrons. The number of aromatic nitrogens is 2. The van der Waals surface area contributed by atoms with E-state index >= 15 is 0 Å². The summed E-state index contributed by atoms with van der Waals surface area (Å²) in [5.41, 5.74) is 7.69. The predicted molar refractivity (Wildman–Crippen MR) is 133 cm³/mol. The first-order chi connectivity index (χ1) is 15.4. The molecule has 0 fully saturated rings. The van der Waals surface area contributed by atoms with Crippen LogP contribution in [0.5, 0.6) is 0 Å². The van der Waals surface area contributed by atoms with Crippen LogP contribution in [0.25, 0.3) is 17.0 Å². The molecule has 2 heterocycles. The van der Waals surface area contributed by atoms with E-state index in [9.17, 15) is 0 Å². The molecule has 0 aliphatic carbocycles. The van der Waals surface area contributed by atoms with Gasteiger partial charge in [0.2, 0.25) is 5.82 Å². The Morgan fingerprint density at radius 3 is 2.53 bits per heavy atom. The maximum atomic E-state index is 5.80. The molecule has 0 saturated carbocycles. The summed E-state index contributed by atoms with van der Waals surface area (Å²) in [6, 6.07) is 14.5. The van der Waals surface area contributed by atoms with Crippen molar-refractivity contribution in [3.8, 4) is 11.4 Å². The monoisotopic (exact) mass is 444 g/mol. The van der Waals surface area contributed by atoms with E-state index in [4.69, 9.17) is 21.7 Å². The first-order valence-corrected chi connectivity index (χ1v) is 11.2. The molecule has 1 N–H and O–H groups in total. The maximum Gasteiger partial charge on any atom is 0.258 e. The zero-order chi connectivity index (χ0) is 22.8. The number of hydrogen-bond donors (Lipinski definition) is 1. The van der Waals surface area contributed by atoms with Crippen LogP contribution in [0.2, 0.25) is 0 Å². The molecule has 1 aliphatic heterocycles. The van der Waals surface area contributed by atoms with Crippen LogP contribution in [0.15, 0.2) is 65.3 Å². The van der Waals surface area contributed by atoms with Crippen LogP contribution in [-0.2, 0) is 6.42 Å². The number of hydrogen-bond acceptors (Lipinski definition) is 4. The minimum Gasteiger partial charge on any atom is -0.351 e. The topological polar surface area (TPSA) is 54.2 Å². The lowest BCUT2D eigenvalue weighted by atomic mass is 9.92. The van der Waals surface area contributed by atoms with Gasteiger partial charge >= 0.3 is 0 Å². The number of rotatable bonds is 6. The third-order valence-electron chi connectivity index (χ3n) is 6.05. The number of aryl methyl sites for hydroxylation is 3. The minimum atomic E-state index is -0.182. The van der Waals surface area contributed by atoms with Gasteiger partial charge in [-0.1, -0.05) is 60.6 Å². The standard InChI is InChI=1S/C26H28N4OS/c1-6-14-30-18(5)22(23(27-26(30)32)21-11-8-16(3)17(4)15-21)25-28-24(29-31-25)20-12-9-19(7-2)10-13-20/h6,8-13,15,23H,1,7,14H2,2-5H3,(H,27,32). The molecule has 2 aromatic carbocycles. The summed E-state index contributed by atoms with van der Waals surface area (Å²) < 4.78 is 5.80. The molecule has 0 bridgehead atoms. The molecule has 1 aromatic heterocycles. The molecular weight excluding hydrogens is 416 g/mol. The molecule has 0 amide bonds. The molecule has 5 nitrogen and oxygen atoms in total. The maximum absolute atomic E-state index is 5.80. The normalized spacial score (nSPS) is 16.3. The number of thiocarbonyl (C=S) groups is 1. The lowest BCUT2D eigenvalue weighted by molar-refractivity contribution is 0.399. The first-order valence-electron chi connectivity index (χ1n) is 10.8. The van der Waals surface area contributed by atoms with Gasteiger partial charge in [-0.05, 0) is 61.7 Å². The molecule has 1 aliphatic rings. The Labute approximate surface area is 194 Å². The predicted octanol–water partition coefficient (Wildman–Crippen LogP) is 5.76. The number of nitrogens with zero attached hydrogens (tertiary/aromatic N) is 3. The zero-order valence-corrected chi connectivity index (χ0v) is 19.8. The molecule has 164 valence electrons. The van der Waals surface area contributed by atoms with Gasteiger partial charge < -0.3 is 14.7 Å². The van der Waals surface area contributed by atoms with Gasteiger partial charge in [-0.3, -0.25) is 0 Å².